The fraction of sp³-hybridized carbons (Fsp3) is 0.200. The highest BCUT2D eigenvalue weighted by Crippen LogP contribution is 2.44. The number of aryl methyl sites for hydroxylation is 1. The maximum atomic E-state index is 12.4. The minimum atomic E-state index is -1.14. The van der Waals surface area contributed by atoms with Crippen molar-refractivity contribution in [2.75, 3.05) is 6.61 Å². The van der Waals surface area contributed by atoms with E-state index in [1.54, 1.807) is 18.2 Å². The van der Waals surface area contributed by atoms with Crippen LogP contribution < -0.4 is 5.32 Å². The fourth-order valence-corrected chi connectivity index (χ4v) is 4.48. The van der Waals surface area contributed by atoms with E-state index in [0.717, 1.165) is 27.8 Å². The van der Waals surface area contributed by atoms with Crippen molar-refractivity contribution in [2.24, 2.45) is 0 Å². The molecule has 0 aliphatic heterocycles. The number of carboxylic acids is 1. The number of alkyl carbamates (subject to hydrolysis) is 1. The Hall–Kier alpha value is -3.02. The van der Waals surface area contributed by atoms with Crippen molar-refractivity contribution < 1.29 is 19.4 Å². The van der Waals surface area contributed by atoms with Gasteiger partial charge in [0, 0.05) is 16.0 Å². The fourth-order valence-electron chi connectivity index (χ4n) is 4.07. The number of fused-ring (bicyclic) bond motifs is 3. The average molecular weight is 470 g/mol. The predicted octanol–water partition coefficient (Wildman–Crippen LogP) is 5.92. The molecule has 0 unspecified atom stereocenters. The Balaban J connectivity index is 1.39. The van der Waals surface area contributed by atoms with Gasteiger partial charge in [0.1, 0.15) is 12.6 Å². The number of hydrogen-bond acceptors (Lipinski definition) is 3. The topological polar surface area (TPSA) is 75.6 Å². The molecule has 1 amide bonds. The van der Waals surface area contributed by atoms with Crippen molar-refractivity contribution in [2.45, 2.75) is 24.8 Å². The monoisotopic (exact) mass is 469 g/mol. The summed E-state index contributed by atoms with van der Waals surface area (Å²) >= 11 is 12.1. The highest BCUT2D eigenvalue weighted by molar-refractivity contribution is 6.33. The van der Waals surface area contributed by atoms with Gasteiger partial charge in [0.2, 0.25) is 0 Å². The van der Waals surface area contributed by atoms with E-state index in [9.17, 15) is 14.7 Å². The number of hydrogen-bond donors (Lipinski definition) is 2. The third kappa shape index (κ3) is 4.74. The van der Waals surface area contributed by atoms with Gasteiger partial charge in [-0.3, -0.25) is 0 Å². The van der Waals surface area contributed by atoms with Crippen LogP contribution in [0.3, 0.4) is 0 Å². The van der Waals surface area contributed by atoms with Crippen LogP contribution in [-0.4, -0.2) is 29.8 Å². The Morgan fingerprint density at radius 2 is 1.59 bits per heavy atom. The van der Waals surface area contributed by atoms with E-state index >= 15 is 0 Å². The van der Waals surface area contributed by atoms with E-state index in [0.29, 0.717) is 16.5 Å². The number of benzene rings is 3. The van der Waals surface area contributed by atoms with Crippen LogP contribution in [0.4, 0.5) is 4.79 Å². The van der Waals surface area contributed by atoms with Crippen LogP contribution in [0.15, 0.2) is 66.7 Å². The van der Waals surface area contributed by atoms with Gasteiger partial charge >= 0.3 is 12.1 Å². The molecule has 0 aromatic heterocycles. The van der Waals surface area contributed by atoms with E-state index in [4.69, 9.17) is 27.9 Å². The Morgan fingerprint density at radius 3 is 2.22 bits per heavy atom. The molecule has 1 aliphatic carbocycles. The van der Waals surface area contributed by atoms with Gasteiger partial charge in [-0.15, -0.1) is 0 Å². The molecule has 0 fully saturated rings. The summed E-state index contributed by atoms with van der Waals surface area (Å²) in [7, 11) is 0. The number of aliphatic carboxylic acids is 1. The third-order valence-corrected chi connectivity index (χ3v) is 6.25. The minimum absolute atomic E-state index is 0.0957. The first kappa shape index (κ1) is 22.2. The number of nitrogens with one attached hydrogen (secondary N) is 1. The lowest BCUT2D eigenvalue weighted by atomic mass is 9.98. The van der Waals surface area contributed by atoms with Crippen LogP contribution in [-0.2, 0) is 16.0 Å². The molecular formula is C25H21Cl2NO4. The first-order chi connectivity index (χ1) is 15.4. The second kappa shape index (κ2) is 9.63. The van der Waals surface area contributed by atoms with E-state index < -0.39 is 18.1 Å². The third-order valence-electron chi connectivity index (χ3n) is 5.64. The van der Waals surface area contributed by atoms with E-state index in [1.807, 2.05) is 36.4 Å². The highest BCUT2D eigenvalue weighted by Gasteiger charge is 2.29. The van der Waals surface area contributed by atoms with Gasteiger partial charge in [-0.2, -0.15) is 0 Å². The normalized spacial score (nSPS) is 13.2. The summed E-state index contributed by atoms with van der Waals surface area (Å²) in [6, 6.07) is 19.9. The molecule has 32 heavy (non-hydrogen) atoms. The van der Waals surface area contributed by atoms with E-state index in [1.165, 1.54) is 0 Å². The predicted molar refractivity (Wildman–Crippen MR) is 124 cm³/mol. The molecule has 7 heteroatoms. The molecule has 0 radical (unpaired) electrons. The van der Waals surface area contributed by atoms with Crippen molar-refractivity contribution in [3.8, 4) is 11.1 Å². The molecule has 0 saturated carbocycles. The van der Waals surface area contributed by atoms with Gasteiger partial charge in [0.25, 0.3) is 0 Å². The van der Waals surface area contributed by atoms with Crippen LogP contribution in [0, 0.1) is 0 Å². The number of carbonyl (C=O) groups is 2. The van der Waals surface area contributed by atoms with Gasteiger partial charge in [0.05, 0.1) is 0 Å². The van der Waals surface area contributed by atoms with Gasteiger partial charge < -0.3 is 15.2 Å². The molecule has 0 spiro atoms. The van der Waals surface area contributed by atoms with Crippen molar-refractivity contribution in [3.63, 3.8) is 0 Å². The SMILES string of the molecule is O=C(N[C@@H](CCc1cc(Cl)ccc1Cl)C(=O)O)OCC1c2ccccc2-c2ccccc21. The Bertz CT molecular complexity index is 1120. The Kier molecular flexibility index (Phi) is 6.68. The molecule has 164 valence electrons. The number of carbonyl (C=O) groups excluding carboxylic acids is 1. The highest BCUT2D eigenvalue weighted by atomic mass is 35.5. The van der Waals surface area contributed by atoms with Crippen LogP contribution in [0.25, 0.3) is 11.1 Å². The van der Waals surface area contributed by atoms with E-state index in [-0.39, 0.29) is 18.9 Å². The zero-order chi connectivity index (χ0) is 22.7. The lowest BCUT2D eigenvalue weighted by molar-refractivity contribution is -0.139. The van der Waals surface area contributed by atoms with Gasteiger partial charge in [-0.25, -0.2) is 9.59 Å². The molecule has 4 rings (SSSR count). The lowest BCUT2D eigenvalue weighted by Crippen LogP contribution is -2.41. The summed E-state index contributed by atoms with van der Waals surface area (Å²) < 4.78 is 5.45. The molecule has 3 aromatic carbocycles. The Morgan fingerprint density at radius 1 is 0.969 bits per heavy atom. The molecular weight excluding hydrogens is 449 g/mol. The van der Waals surface area contributed by atoms with Gasteiger partial charge in [-0.1, -0.05) is 71.7 Å². The number of carboxylic acid groups (broad SMARTS) is 1. The first-order valence-corrected chi connectivity index (χ1v) is 11.0. The smallest absolute Gasteiger partial charge is 0.407 e. The zero-order valence-corrected chi connectivity index (χ0v) is 18.6. The quantitative estimate of drug-likeness (QED) is 0.450. The van der Waals surface area contributed by atoms with Crippen LogP contribution >= 0.6 is 23.2 Å². The van der Waals surface area contributed by atoms with Crippen molar-refractivity contribution in [1.82, 2.24) is 5.32 Å². The zero-order valence-electron chi connectivity index (χ0n) is 17.1. The maximum absolute atomic E-state index is 12.4. The van der Waals surface area contributed by atoms with Crippen molar-refractivity contribution >= 4 is 35.3 Å². The molecule has 0 saturated heterocycles. The molecule has 0 heterocycles. The molecule has 0 bridgehead atoms. The largest absolute Gasteiger partial charge is 0.480 e. The average Bonchev–Trinajstić information content (AvgIpc) is 3.11. The summed E-state index contributed by atoms with van der Waals surface area (Å²) in [5.41, 5.74) is 5.15. The maximum Gasteiger partial charge on any atom is 0.407 e. The van der Waals surface area contributed by atoms with Crippen molar-refractivity contribution in [1.29, 1.82) is 0 Å². The summed E-state index contributed by atoms with van der Waals surface area (Å²) in [6.45, 7) is 0.117. The first-order valence-electron chi connectivity index (χ1n) is 10.2. The lowest BCUT2D eigenvalue weighted by Gasteiger charge is -2.17. The number of amides is 1. The van der Waals surface area contributed by atoms with Crippen LogP contribution in [0.2, 0.25) is 10.0 Å². The van der Waals surface area contributed by atoms with E-state index in [2.05, 4.69) is 17.4 Å². The standard InChI is InChI=1S/C25H21Cl2NO4/c26-16-10-11-22(27)15(13-16)9-12-23(24(29)30)28-25(31)32-14-21-19-7-3-1-5-17(19)18-6-2-4-8-20(18)21/h1-8,10-11,13,21,23H,9,12,14H2,(H,28,31)(H,29,30)/t23-/m0/s1. The molecule has 5 nitrogen and oxygen atoms in total. The number of rotatable bonds is 7. The van der Waals surface area contributed by atoms with Crippen molar-refractivity contribution in [3.05, 3.63) is 93.5 Å². The summed E-state index contributed by atoms with van der Waals surface area (Å²) in [4.78, 5) is 24.1. The molecule has 3 aromatic rings. The van der Waals surface area contributed by atoms with Gasteiger partial charge in [-0.05, 0) is 58.9 Å². The van der Waals surface area contributed by atoms with Crippen LogP contribution in [0.1, 0.15) is 29.0 Å². The Labute approximate surface area is 195 Å². The summed E-state index contributed by atoms with van der Waals surface area (Å²) in [5, 5.41) is 13.0. The van der Waals surface area contributed by atoms with Gasteiger partial charge in [0.15, 0.2) is 0 Å². The summed E-state index contributed by atoms with van der Waals surface area (Å²) in [6.07, 6.45) is -0.268. The summed E-state index contributed by atoms with van der Waals surface area (Å²) in [5.74, 6) is -1.24. The van der Waals surface area contributed by atoms with Crippen LogP contribution in [0.5, 0.6) is 0 Å². The second-order valence-electron chi connectivity index (χ2n) is 7.64. The second-order valence-corrected chi connectivity index (χ2v) is 8.48. The molecule has 2 N–H and O–H groups in total. The molecule has 1 aliphatic rings. The molecule has 1 atom stereocenters. The number of ether oxygens (including phenoxy) is 1. The number of halogens is 2. The minimum Gasteiger partial charge on any atom is -0.480 e.